The molecule has 17 nitrogen and oxygen atoms in total. The monoisotopic (exact) mass is 794 g/mol. The summed E-state index contributed by atoms with van der Waals surface area (Å²) in [5.74, 6) is 4.42. The zero-order valence-corrected chi connectivity index (χ0v) is 33.2. The normalized spacial score (nSPS) is 15.8. The minimum atomic E-state index is -0.602. The molecular weight excluding hydrogens is 740 g/mol. The van der Waals surface area contributed by atoms with Gasteiger partial charge in [0.1, 0.15) is 12.6 Å². The SMILES string of the molecule is C#CCOCCOCCOCCNc1nc(N2CCOCC2)nc(N2CCN(C(=O)[C@H](Cc3cc4ccccc4[nH]3)n3cc([C@@H](N)CC(C)C)nn3)CC2)n1.Cl. The molecule has 0 bridgehead atoms. The number of hydrogen-bond donors (Lipinski definition) is 3. The number of morpholine rings is 1. The van der Waals surface area contributed by atoms with E-state index in [1.165, 1.54) is 0 Å². The van der Waals surface area contributed by atoms with Gasteiger partial charge in [-0.3, -0.25) is 4.79 Å². The van der Waals surface area contributed by atoms with Crippen LogP contribution in [0.15, 0.2) is 36.5 Å². The first-order valence-electron chi connectivity index (χ1n) is 19.1. The van der Waals surface area contributed by atoms with Crippen molar-refractivity contribution in [2.45, 2.75) is 38.8 Å². The lowest BCUT2D eigenvalue weighted by molar-refractivity contribution is -0.135. The summed E-state index contributed by atoms with van der Waals surface area (Å²) in [5, 5.41) is 13.2. The van der Waals surface area contributed by atoms with Crippen molar-refractivity contribution in [2.24, 2.45) is 11.7 Å². The number of amides is 1. The predicted octanol–water partition coefficient (Wildman–Crippen LogP) is 2.48. The van der Waals surface area contributed by atoms with Gasteiger partial charge >= 0.3 is 0 Å². The van der Waals surface area contributed by atoms with Crippen LogP contribution in [0.4, 0.5) is 17.8 Å². The molecule has 4 aromatic rings. The lowest BCUT2D eigenvalue weighted by Crippen LogP contribution is -2.51. The number of aromatic nitrogens is 7. The number of aromatic amines is 1. The Labute approximate surface area is 334 Å². The molecule has 2 aliphatic heterocycles. The number of nitrogens with zero attached hydrogens (tertiary/aromatic N) is 9. The molecule has 0 unspecified atom stereocenters. The summed E-state index contributed by atoms with van der Waals surface area (Å²) in [4.78, 5) is 38.4. The van der Waals surface area contributed by atoms with E-state index in [2.05, 4.69) is 62.3 Å². The molecule has 0 aliphatic carbocycles. The van der Waals surface area contributed by atoms with Crippen molar-refractivity contribution in [3.8, 4) is 12.3 Å². The average Bonchev–Trinajstić information content (AvgIpc) is 3.87. The molecule has 2 aliphatic rings. The number of nitrogens with one attached hydrogen (secondary N) is 2. The number of benzene rings is 1. The highest BCUT2D eigenvalue weighted by Crippen LogP contribution is 2.25. The summed E-state index contributed by atoms with van der Waals surface area (Å²) in [6, 6.07) is 9.33. The maximum absolute atomic E-state index is 14.4. The number of para-hydroxylation sites is 1. The number of nitrogens with two attached hydrogens (primary N) is 1. The molecule has 0 radical (unpaired) electrons. The number of fused-ring (bicyclic) bond motifs is 1. The zero-order valence-electron chi connectivity index (χ0n) is 32.3. The smallest absolute Gasteiger partial charge is 0.248 e. The summed E-state index contributed by atoms with van der Waals surface area (Å²) in [5.41, 5.74) is 9.13. The standard InChI is InChI=1S/C38H54N12O5.ClH/c1-4-16-52-20-22-55-23-21-53-17-9-40-36-42-37(44-38(43-36)49-14-18-54-19-15-49)48-12-10-47(11-13-48)35(51)34(26-30-25-29-7-5-6-8-32(29)41-30)50-27-33(45-46-50)31(39)24-28(2)3;/h1,5-8,25,27-28,31,34,41H,9-24,26,39H2,2-3H3,(H,40,42,43,44);1H/t31-,34-;/m0./s1. The molecule has 56 heavy (non-hydrogen) atoms. The first kappa shape index (κ1) is 42.6. The van der Waals surface area contributed by atoms with Gasteiger partial charge in [-0.15, -0.1) is 23.9 Å². The van der Waals surface area contributed by atoms with Crippen LogP contribution in [0, 0.1) is 18.3 Å². The zero-order chi connectivity index (χ0) is 38.4. The van der Waals surface area contributed by atoms with Crippen LogP contribution in [0.25, 0.3) is 10.9 Å². The molecule has 1 aromatic carbocycles. The largest absolute Gasteiger partial charge is 0.378 e. The van der Waals surface area contributed by atoms with E-state index < -0.39 is 6.04 Å². The van der Waals surface area contributed by atoms with Crippen LogP contribution in [0.3, 0.4) is 0 Å². The number of piperazine rings is 1. The van der Waals surface area contributed by atoms with Crippen LogP contribution in [0.2, 0.25) is 0 Å². The van der Waals surface area contributed by atoms with Crippen molar-refractivity contribution < 1.29 is 23.7 Å². The van der Waals surface area contributed by atoms with E-state index in [0.717, 1.165) is 23.0 Å². The Morgan fingerprint density at radius 3 is 2.34 bits per heavy atom. The van der Waals surface area contributed by atoms with Gasteiger partial charge in [0.15, 0.2) is 0 Å². The minimum absolute atomic E-state index is 0. The van der Waals surface area contributed by atoms with Gasteiger partial charge in [0, 0.05) is 63.4 Å². The lowest BCUT2D eigenvalue weighted by Gasteiger charge is -2.36. The van der Waals surface area contributed by atoms with E-state index >= 15 is 0 Å². The molecule has 0 saturated carbocycles. The molecule has 304 valence electrons. The second kappa shape index (κ2) is 21.7. The van der Waals surface area contributed by atoms with Crippen molar-refractivity contribution in [1.82, 2.24) is 39.8 Å². The summed E-state index contributed by atoms with van der Waals surface area (Å²) in [6.07, 6.45) is 8.21. The Hall–Kier alpha value is -4.57. The Morgan fingerprint density at radius 2 is 1.64 bits per heavy atom. The van der Waals surface area contributed by atoms with Crippen LogP contribution in [-0.2, 0) is 30.2 Å². The van der Waals surface area contributed by atoms with E-state index in [1.807, 2.05) is 29.3 Å². The molecule has 2 atom stereocenters. The molecule has 1 amide bonds. The van der Waals surface area contributed by atoms with E-state index in [1.54, 1.807) is 4.68 Å². The van der Waals surface area contributed by atoms with Gasteiger partial charge in [0.05, 0.1) is 64.2 Å². The van der Waals surface area contributed by atoms with Gasteiger partial charge in [-0.2, -0.15) is 15.0 Å². The number of terminal acetylenes is 1. The third-order valence-corrected chi connectivity index (χ3v) is 9.48. The Kier molecular flexibility index (Phi) is 16.5. The summed E-state index contributed by atoms with van der Waals surface area (Å²) in [7, 11) is 0. The molecule has 2 fully saturated rings. The van der Waals surface area contributed by atoms with Crippen LogP contribution in [0.1, 0.15) is 43.7 Å². The number of hydrogen-bond acceptors (Lipinski definition) is 14. The van der Waals surface area contributed by atoms with Gasteiger partial charge in [0.25, 0.3) is 0 Å². The van der Waals surface area contributed by atoms with Crippen molar-refractivity contribution >= 4 is 47.1 Å². The first-order chi connectivity index (χ1) is 26.9. The molecule has 2 saturated heterocycles. The molecule has 3 aromatic heterocycles. The van der Waals surface area contributed by atoms with Gasteiger partial charge < -0.3 is 49.7 Å². The lowest BCUT2D eigenvalue weighted by atomic mass is 10.0. The Morgan fingerprint density at radius 1 is 0.964 bits per heavy atom. The maximum atomic E-state index is 14.4. The van der Waals surface area contributed by atoms with Crippen LogP contribution < -0.4 is 20.9 Å². The highest BCUT2D eigenvalue weighted by Gasteiger charge is 2.32. The van der Waals surface area contributed by atoms with Crippen LogP contribution in [-0.4, -0.2) is 144 Å². The van der Waals surface area contributed by atoms with Gasteiger partial charge in [-0.25, -0.2) is 4.68 Å². The number of H-pyrrole nitrogens is 1. The third-order valence-electron chi connectivity index (χ3n) is 9.48. The fraction of sp³-hybridized carbons (Fsp3) is 0.579. The average molecular weight is 795 g/mol. The number of carbonyl (C=O) groups is 1. The molecule has 6 rings (SSSR count). The van der Waals surface area contributed by atoms with Crippen molar-refractivity contribution in [1.29, 1.82) is 0 Å². The van der Waals surface area contributed by atoms with E-state index in [-0.39, 0.29) is 31.0 Å². The second-order valence-electron chi connectivity index (χ2n) is 14.0. The van der Waals surface area contributed by atoms with E-state index in [9.17, 15) is 4.79 Å². The molecule has 4 N–H and O–H groups in total. The van der Waals surface area contributed by atoms with Gasteiger partial charge in [-0.1, -0.05) is 43.2 Å². The fourth-order valence-electron chi connectivity index (χ4n) is 6.61. The van der Waals surface area contributed by atoms with Gasteiger partial charge in [0.2, 0.25) is 23.8 Å². The highest BCUT2D eigenvalue weighted by atomic mass is 35.5. The second-order valence-corrected chi connectivity index (χ2v) is 14.0. The first-order valence-corrected chi connectivity index (χ1v) is 19.1. The predicted molar refractivity (Wildman–Crippen MR) is 216 cm³/mol. The van der Waals surface area contributed by atoms with Crippen molar-refractivity contribution in [2.75, 3.05) is 114 Å². The highest BCUT2D eigenvalue weighted by molar-refractivity contribution is 5.85. The summed E-state index contributed by atoms with van der Waals surface area (Å²) in [6.45, 7) is 12.0. The van der Waals surface area contributed by atoms with Gasteiger partial charge in [-0.05, 0) is 29.9 Å². The molecule has 0 spiro atoms. The summed E-state index contributed by atoms with van der Waals surface area (Å²) < 4.78 is 23.7. The maximum Gasteiger partial charge on any atom is 0.248 e. The van der Waals surface area contributed by atoms with Crippen molar-refractivity contribution in [3.05, 3.63) is 47.9 Å². The van der Waals surface area contributed by atoms with Crippen molar-refractivity contribution in [3.63, 3.8) is 0 Å². The van der Waals surface area contributed by atoms with Crippen LogP contribution in [0.5, 0.6) is 0 Å². The molecule has 18 heteroatoms. The Balaban J connectivity index is 0.00000600. The van der Waals surface area contributed by atoms with E-state index in [4.69, 9.17) is 46.1 Å². The van der Waals surface area contributed by atoms with Crippen LogP contribution >= 0.6 is 12.4 Å². The number of rotatable bonds is 20. The molecule has 5 heterocycles. The fourth-order valence-corrected chi connectivity index (χ4v) is 6.61. The number of halogens is 1. The summed E-state index contributed by atoms with van der Waals surface area (Å²) >= 11 is 0. The third kappa shape index (κ3) is 12.0. The quantitative estimate of drug-likeness (QED) is 0.0875. The minimum Gasteiger partial charge on any atom is -0.378 e. The molecular formula is C38H55ClN12O5. The number of carbonyl (C=O) groups excluding carboxylic acids is 1. The number of ether oxygens (including phenoxy) is 4. The van der Waals surface area contributed by atoms with E-state index in [0.29, 0.717) is 128 Å². The number of anilines is 3. The topological polar surface area (TPSA) is 187 Å². The Bertz CT molecular complexity index is 1800.